The molecule has 2 saturated carbocycles. The largest absolute Gasteiger partial charge is 0.497 e. The SMILES string of the molecule is COc1ccc2c(O[C@@H]3C[C@H]4C(=O)N[C@]5(C(=O)NS(=O)(=O)OC6(C)CC6)C[C@H]5CCCCCCC[C@H](NC(=O)OC(C)(C)C)C(=O)N4C3)nccc2c1. The van der Waals surface area contributed by atoms with Crippen LogP contribution in [-0.4, -0.2) is 90.7 Å². The molecule has 1 aromatic heterocycles. The molecule has 3 N–H and O–H groups in total. The minimum Gasteiger partial charge on any atom is -0.497 e. The van der Waals surface area contributed by atoms with E-state index in [1.807, 2.05) is 18.2 Å². The van der Waals surface area contributed by atoms with Crippen molar-refractivity contribution in [2.45, 2.75) is 133 Å². The van der Waals surface area contributed by atoms with Gasteiger partial charge in [-0.05, 0) is 95.4 Å². The van der Waals surface area contributed by atoms with Crippen LogP contribution in [0.2, 0.25) is 0 Å². The number of nitrogens with zero attached hydrogens (tertiary/aromatic N) is 2. The molecule has 2 aliphatic carbocycles. The van der Waals surface area contributed by atoms with Crippen LogP contribution in [0.4, 0.5) is 4.79 Å². The first kappa shape index (κ1) is 38.5. The molecule has 0 radical (unpaired) electrons. The van der Waals surface area contributed by atoms with Crippen molar-refractivity contribution in [3.63, 3.8) is 0 Å². The lowest BCUT2D eigenvalue weighted by Crippen LogP contribution is -2.58. The summed E-state index contributed by atoms with van der Waals surface area (Å²) in [5.74, 6) is -1.33. The number of fused-ring (bicyclic) bond motifs is 3. The van der Waals surface area contributed by atoms with Gasteiger partial charge in [0.05, 0.1) is 19.3 Å². The fraction of sp³-hybridized carbons (Fsp3) is 0.649. The second kappa shape index (κ2) is 14.9. The van der Waals surface area contributed by atoms with E-state index in [0.29, 0.717) is 49.1 Å². The molecule has 290 valence electrons. The summed E-state index contributed by atoms with van der Waals surface area (Å²) >= 11 is 0. The Labute approximate surface area is 310 Å². The third-order valence-electron chi connectivity index (χ3n) is 10.4. The van der Waals surface area contributed by atoms with Crippen molar-refractivity contribution in [2.75, 3.05) is 13.7 Å². The summed E-state index contributed by atoms with van der Waals surface area (Å²) in [7, 11) is -2.87. The molecule has 0 unspecified atom stereocenters. The number of rotatable bonds is 8. The number of benzene rings is 1. The molecule has 2 aromatic rings. The van der Waals surface area contributed by atoms with E-state index >= 15 is 0 Å². The predicted molar refractivity (Wildman–Crippen MR) is 193 cm³/mol. The second-order valence-corrected chi connectivity index (χ2v) is 17.3. The van der Waals surface area contributed by atoms with Crippen LogP contribution in [0, 0.1) is 5.92 Å². The van der Waals surface area contributed by atoms with E-state index in [-0.39, 0.29) is 25.3 Å². The first-order valence-electron chi connectivity index (χ1n) is 18.5. The van der Waals surface area contributed by atoms with E-state index in [0.717, 1.165) is 31.1 Å². The Morgan fingerprint density at radius 2 is 1.75 bits per heavy atom. The molecule has 15 nitrogen and oxygen atoms in total. The number of pyridine rings is 1. The van der Waals surface area contributed by atoms with Gasteiger partial charge in [0.25, 0.3) is 5.91 Å². The van der Waals surface area contributed by atoms with Gasteiger partial charge in [0, 0.05) is 18.0 Å². The highest BCUT2D eigenvalue weighted by Crippen LogP contribution is 2.48. The minimum absolute atomic E-state index is 0.0128. The zero-order valence-corrected chi connectivity index (χ0v) is 31.9. The first-order chi connectivity index (χ1) is 25.0. The third-order valence-corrected chi connectivity index (χ3v) is 11.5. The van der Waals surface area contributed by atoms with Crippen LogP contribution < -0.4 is 24.8 Å². The molecule has 6 rings (SSSR count). The molecule has 0 bridgehead atoms. The summed E-state index contributed by atoms with van der Waals surface area (Å²) in [6.45, 7) is 6.82. The standard InChI is InChI=1S/C37H51N5O10S/c1-35(2,3)51-34(46)39-28-12-10-8-6-7-9-11-24-21-37(24,33(45)41-53(47,48)52-36(4)16-17-36)40-30(43)29-20-26(22-42(29)32(28)44)50-31-27-14-13-25(49-5)19-23(27)15-18-38-31/h13-15,18-19,24,26,28-29H,6-12,16-17,20-22H2,1-5H3,(H,39,46)(H,40,43)(H,41,45)/t24-,26-,28+,29+,37-/m1/s1. The van der Waals surface area contributed by atoms with Gasteiger partial charge in [-0.25, -0.2) is 18.7 Å². The van der Waals surface area contributed by atoms with Gasteiger partial charge in [0.1, 0.15) is 35.1 Å². The summed E-state index contributed by atoms with van der Waals surface area (Å²) in [6, 6.07) is 5.16. The van der Waals surface area contributed by atoms with Crippen molar-refractivity contribution < 1.29 is 46.0 Å². The second-order valence-electron chi connectivity index (χ2n) is 16.0. The Morgan fingerprint density at radius 3 is 2.45 bits per heavy atom. The molecular formula is C37H51N5O10S. The fourth-order valence-electron chi connectivity index (χ4n) is 7.28. The monoisotopic (exact) mass is 757 g/mol. The van der Waals surface area contributed by atoms with Gasteiger partial charge in [-0.15, -0.1) is 0 Å². The number of hydrogen-bond donors (Lipinski definition) is 3. The summed E-state index contributed by atoms with van der Waals surface area (Å²) in [5.41, 5.74) is -3.16. The molecule has 4 fully saturated rings. The number of aromatic nitrogens is 1. The molecule has 0 spiro atoms. The van der Waals surface area contributed by atoms with E-state index < -0.39 is 69.0 Å². The van der Waals surface area contributed by atoms with E-state index in [2.05, 4.69) is 20.3 Å². The zero-order valence-electron chi connectivity index (χ0n) is 31.1. The predicted octanol–water partition coefficient (Wildman–Crippen LogP) is 4.03. The molecule has 2 saturated heterocycles. The maximum Gasteiger partial charge on any atom is 0.408 e. The molecule has 2 aliphatic heterocycles. The molecule has 3 heterocycles. The number of amides is 4. The Hall–Kier alpha value is -4.18. The normalized spacial score (nSPS) is 27.6. The van der Waals surface area contributed by atoms with Gasteiger partial charge in [0.2, 0.25) is 17.7 Å². The number of hydrogen-bond acceptors (Lipinski definition) is 11. The lowest BCUT2D eigenvalue weighted by molar-refractivity contribution is -0.141. The van der Waals surface area contributed by atoms with Crippen LogP contribution in [0.25, 0.3) is 10.8 Å². The van der Waals surface area contributed by atoms with Crippen molar-refractivity contribution in [3.05, 3.63) is 30.5 Å². The van der Waals surface area contributed by atoms with Crippen molar-refractivity contribution in [3.8, 4) is 11.6 Å². The highest BCUT2D eigenvalue weighted by molar-refractivity contribution is 7.85. The molecule has 1 aromatic carbocycles. The third kappa shape index (κ3) is 9.31. The van der Waals surface area contributed by atoms with E-state index in [4.69, 9.17) is 18.4 Å². The Balaban J connectivity index is 1.29. The quantitative estimate of drug-likeness (QED) is 0.352. The van der Waals surface area contributed by atoms with Crippen molar-refractivity contribution in [2.24, 2.45) is 5.92 Å². The highest BCUT2D eigenvalue weighted by atomic mass is 32.2. The number of ether oxygens (including phenoxy) is 3. The van der Waals surface area contributed by atoms with Crippen LogP contribution in [0.5, 0.6) is 11.6 Å². The fourth-order valence-corrected chi connectivity index (χ4v) is 8.43. The summed E-state index contributed by atoms with van der Waals surface area (Å²) in [5, 5.41) is 7.15. The van der Waals surface area contributed by atoms with Crippen molar-refractivity contribution >= 4 is 44.9 Å². The Morgan fingerprint density at radius 1 is 1.04 bits per heavy atom. The smallest absolute Gasteiger partial charge is 0.408 e. The maximum absolute atomic E-state index is 14.4. The Bertz CT molecular complexity index is 1840. The maximum atomic E-state index is 14.4. The van der Waals surface area contributed by atoms with Gasteiger partial charge in [0.15, 0.2) is 0 Å². The molecule has 5 atom stereocenters. The van der Waals surface area contributed by atoms with Gasteiger partial charge < -0.3 is 29.7 Å². The molecular weight excluding hydrogens is 706 g/mol. The van der Waals surface area contributed by atoms with Crippen LogP contribution in [-0.2, 0) is 33.6 Å². The van der Waals surface area contributed by atoms with Gasteiger partial charge in [-0.3, -0.25) is 14.4 Å². The van der Waals surface area contributed by atoms with Crippen LogP contribution >= 0.6 is 0 Å². The molecule has 53 heavy (non-hydrogen) atoms. The summed E-state index contributed by atoms with van der Waals surface area (Å²) < 4.78 is 50.3. The molecule has 4 amide bonds. The topological polar surface area (TPSA) is 192 Å². The van der Waals surface area contributed by atoms with E-state index in [1.54, 1.807) is 47.1 Å². The average Bonchev–Trinajstić information content (AvgIpc) is 3.93. The van der Waals surface area contributed by atoms with Crippen molar-refractivity contribution in [1.82, 2.24) is 25.2 Å². The van der Waals surface area contributed by atoms with Gasteiger partial charge in [-0.2, -0.15) is 8.42 Å². The van der Waals surface area contributed by atoms with Gasteiger partial charge >= 0.3 is 16.4 Å². The van der Waals surface area contributed by atoms with Crippen LogP contribution in [0.3, 0.4) is 0 Å². The minimum atomic E-state index is -4.45. The zero-order chi connectivity index (χ0) is 38.2. The van der Waals surface area contributed by atoms with Crippen molar-refractivity contribution in [1.29, 1.82) is 0 Å². The summed E-state index contributed by atoms with van der Waals surface area (Å²) in [6.07, 6.45) is 6.40. The number of nitrogens with one attached hydrogen (secondary N) is 3. The average molecular weight is 758 g/mol. The van der Waals surface area contributed by atoms with E-state index in [1.165, 1.54) is 4.90 Å². The van der Waals surface area contributed by atoms with Gasteiger partial charge in [-0.1, -0.05) is 32.1 Å². The lowest BCUT2D eigenvalue weighted by Gasteiger charge is -2.30. The van der Waals surface area contributed by atoms with Crippen LogP contribution in [0.15, 0.2) is 30.5 Å². The lowest BCUT2D eigenvalue weighted by atomic mass is 10.0. The molecule has 16 heteroatoms. The number of methoxy groups -OCH3 is 1. The number of alkyl carbamates (subject to hydrolysis) is 1. The van der Waals surface area contributed by atoms with Crippen LogP contribution in [0.1, 0.15) is 98.3 Å². The number of carbonyl (C=O) groups is 4. The summed E-state index contributed by atoms with van der Waals surface area (Å²) in [4.78, 5) is 61.4. The Kier molecular flexibility index (Phi) is 10.9. The first-order valence-corrected chi connectivity index (χ1v) is 19.9. The highest BCUT2D eigenvalue weighted by Gasteiger charge is 2.62. The number of carbonyl (C=O) groups excluding carboxylic acids is 4. The molecule has 4 aliphatic rings. The van der Waals surface area contributed by atoms with E-state index in [9.17, 15) is 27.6 Å².